The van der Waals surface area contributed by atoms with E-state index in [0.717, 1.165) is 6.42 Å². The van der Waals surface area contributed by atoms with Gasteiger partial charge in [-0.1, -0.05) is 24.6 Å². The van der Waals surface area contributed by atoms with Crippen molar-refractivity contribution in [2.45, 2.75) is 25.2 Å². The molecular weight excluding hydrogens is 386 g/mol. The van der Waals surface area contributed by atoms with E-state index in [1.165, 1.54) is 30.3 Å². The van der Waals surface area contributed by atoms with Crippen LogP contribution in [0, 0.1) is 11.3 Å². The fourth-order valence-electron chi connectivity index (χ4n) is 2.28. The van der Waals surface area contributed by atoms with Crippen LogP contribution >= 0.6 is 11.6 Å². The molecule has 0 saturated carbocycles. The van der Waals surface area contributed by atoms with E-state index in [1.54, 1.807) is 24.3 Å². The summed E-state index contributed by atoms with van der Waals surface area (Å²) < 4.78 is 36.6. The van der Waals surface area contributed by atoms with Crippen LogP contribution in [0.1, 0.15) is 25.8 Å². The molecule has 2 aromatic rings. The van der Waals surface area contributed by atoms with Crippen molar-refractivity contribution in [1.82, 2.24) is 0 Å². The quantitative estimate of drug-likeness (QED) is 0.586. The molecule has 0 aromatic heterocycles. The van der Waals surface area contributed by atoms with Gasteiger partial charge in [-0.25, -0.2) is 8.42 Å². The van der Waals surface area contributed by atoms with Crippen LogP contribution in [-0.4, -0.2) is 21.6 Å². The van der Waals surface area contributed by atoms with Crippen LogP contribution in [0.25, 0.3) is 6.08 Å². The minimum atomic E-state index is -3.95. The highest BCUT2D eigenvalue weighted by atomic mass is 35.5. The summed E-state index contributed by atoms with van der Waals surface area (Å²) in [6, 6.07) is 12.5. The van der Waals surface area contributed by atoms with Gasteiger partial charge in [-0.05, 0) is 61.4 Å². The smallest absolute Gasteiger partial charge is 0.216 e. The number of nitriles is 1. The Labute approximate surface area is 164 Å². The van der Waals surface area contributed by atoms with Crippen molar-refractivity contribution >= 4 is 27.5 Å². The Hall–Kier alpha value is -2.49. The first-order valence-electron chi connectivity index (χ1n) is 8.44. The van der Waals surface area contributed by atoms with Crippen molar-refractivity contribution in [3.63, 3.8) is 0 Å². The van der Waals surface area contributed by atoms with Crippen molar-refractivity contribution < 1.29 is 17.9 Å². The first-order chi connectivity index (χ1) is 12.9. The van der Waals surface area contributed by atoms with E-state index in [1.807, 2.05) is 13.8 Å². The van der Waals surface area contributed by atoms with Crippen molar-refractivity contribution in [3.05, 3.63) is 58.0 Å². The Balaban J connectivity index is 2.43. The molecule has 0 atom stereocenters. The van der Waals surface area contributed by atoms with Gasteiger partial charge in [0.15, 0.2) is 11.5 Å². The molecule has 5 nitrogen and oxygen atoms in total. The maximum atomic E-state index is 12.7. The van der Waals surface area contributed by atoms with E-state index < -0.39 is 9.84 Å². The third-order valence-electron chi connectivity index (χ3n) is 3.55. The second-order valence-electron chi connectivity index (χ2n) is 5.57. The molecule has 142 valence electrons. The summed E-state index contributed by atoms with van der Waals surface area (Å²) in [5, 5.41) is 9.82. The van der Waals surface area contributed by atoms with Gasteiger partial charge in [0.05, 0.1) is 18.1 Å². The van der Waals surface area contributed by atoms with E-state index in [2.05, 4.69) is 0 Å². The molecule has 0 aliphatic heterocycles. The zero-order valence-corrected chi connectivity index (χ0v) is 16.7. The van der Waals surface area contributed by atoms with Gasteiger partial charge in [-0.3, -0.25) is 0 Å². The summed E-state index contributed by atoms with van der Waals surface area (Å²) in [5.74, 6) is 1.08. The summed E-state index contributed by atoms with van der Waals surface area (Å²) in [4.78, 5) is -0.359. The lowest BCUT2D eigenvalue weighted by molar-refractivity contribution is 0.277. The first-order valence-corrected chi connectivity index (χ1v) is 10.3. The first kappa shape index (κ1) is 20.8. The number of sulfone groups is 1. The minimum Gasteiger partial charge on any atom is -0.490 e. The van der Waals surface area contributed by atoms with E-state index in [9.17, 15) is 13.7 Å². The van der Waals surface area contributed by atoms with E-state index >= 15 is 0 Å². The lowest BCUT2D eigenvalue weighted by atomic mass is 10.2. The van der Waals surface area contributed by atoms with Crippen LogP contribution < -0.4 is 9.47 Å². The summed E-state index contributed by atoms with van der Waals surface area (Å²) in [6.45, 7) is 4.82. The van der Waals surface area contributed by atoms with Gasteiger partial charge in [0.25, 0.3) is 0 Å². The highest BCUT2D eigenvalue weighted by Crippen LogP contribution is 2.30. The van der Waals surface area contributed by atoms with Crippen LogP contribution in [0.2, 0.25) is 5.02 Å². The van der Waals surface area contributed by atoms with E-state index in [4.69, 9.17) is 21.1 Å². The number of ether oxygens (including phenoxy) is 2. The predicted octanol–water partition coefficient (Wildman–Crippen LogP) is 4.87. The number of nitrogens with zero attached hydrogens (tertiary/aromatic N) is 1. The predicted molar refractivity (Wildman–Crippen MR) is 106 cm³/mol. The summed E-state index contributed by atoms with van der Waals surface area (Å²) in [7, 11) is -3.95. The normalized spacial score (nSPS) is 11.7. The Morgan fingerprint density at radius 2 is 1.81 bits per heavy atom. The fourth-order valence-corrected chi connectivity index (χ4v) is 3.56. The Bertz CT molecular complexity index is 960. The average Bonchev–Trinajstić information content (AvgIpc) is 2.66. The number of halogens is 1. The molecule has 0 amide bonds. The lowest BCUT2D eigenvalue weighted by Crippen LogP contribution is -2.04. The van der Waals surface area contributed by atoms with Gasteiger partial charge < -0.3 is 9.47 Å². The van der Waals surface area contributed by atoms with Gasteiger partial charge in [-0.2, -0.15) is 5.26 Å². The van der Waals surface area contributed by atoms with Gasteiger partial charge in [0.1, 0.15) is 11.0 Å². The van der Waals surface area contributed by atoms with Crippen molar-refractivity contribution in [2.75, 3.05) is 13.2 Å². The zero-order chi connectivity index (χ0) is 19.9. The molecule has 0 aliphatic rings. The molecule has 27 heavy (non-hydrogen) atoms. The number of hydrogen-bond acceptors (Lipinski definition) is 5. The summed E-state index contributed by atoms with van der Waals surface area (Å²) in [5.41, 5.74) is 0.524. The number of rotatable bonds is 8. The molecule has 0 saturated heterocycles. The van der Waals surface area contributed by atoms with E-state index in [0.29, 0.717) is 35.3 Å². The van der Waals surface area contributed by atoms with Crippen LogP contribution in [0.5, 0.6) is 11.5 Å². The van der Waals surface area contributed by atoms with Gasteiger partial charge in [0.2, 0.25) is 9.84 Å². The molecule has 2 rings (SSSR count). The maximum absolute atomic E-state index is 12.7. The van der Waals surface area contributed by atoms with Crippen LogP contribution in [0.15, 0.2) is 52.3 Å². The molecule has 0 aliphatic carbocycles. The monoisotopic (exact) mass is 405 g/mol. The van der Waals surface area contributed by atoms with Crippen molar-refractivity contribution in [1.29, 1.82) is 5.26 Å². The third kappa shape index (κ3) is 5.25. The molecule has 2 aromatic carbocycles. The second-order valence-corrected chi connectivity index (χ2v) is 7.92. The highest BCUT2D eigenvalue weighted by molar-refractivity contribution is 7.95. The van der Waals surface area contributed by atoms with Crippen LogP contribution in [0.3, 0.4) is 0 Å². The minimum absolute atomic E-state index is 0.00707. The van der Waals surface area contributed by atoms with Gasteiger partial charge in [0, 0.05) is 5.02 Å². The standard InChI is InChI=1S/C20H20ClNO4S/c1-3-11-26-19-10-5-15(13-20(19)25-4-2)12-18(14-22)27(23,24)17-8-6-16(21)7-9-17/h5-10,12-13H,3-4,11H2,1-2H3. The largest absolute Gasteiger partial charge is 0.490 e. The van der Waals surface area contributed by atoms with E-state index in [-0.39, 0.29) is 9.80 Å². The molecule has 0 unspecified atom stereocenters. The number of allylic oxidation sites excluding steroid dienone is 1. The molecule has 0 radical (unpaired) electrons. The Kier molecular flexibility index (Phi) is 7.28. The number of benzene rings is 2. The van der Waals surface area contributed by atoms with Crippen LogP contribution in [-0.2, 0) is 9.84 Å². The molecule has 0 bridgehead atoms. The molecular formula is C20H20ClNO4S. The molecule has 0 N–H and O–H groups in total. The summed E-state index contributed by atoms with van der Waals surface area (Å²) >= 11 is 5.80. The lowest BCUT2D eigenvalue weighted by Gasteiger charge is -2.12. The maximum Gasteiger partial charge on any atom is 0.216 e. The van der Waals surface area contributed by atoms with Gasteiger partial charge >= 0.3 is 0 Å². The SMILES string of the molecule is CCCOc1ccc(C=C(C#N)S(=O)(=O)c2ccc(Cl)cc2)cc1OCC. The highest BCUT2D eigenvalue weighted by Gasteiger charge is 2.21. The molecule has 7 heteroatoms. The number of hydrogen-bond donors (Lipinski definition) is 0. The second kappa shape index (κ2) is 9.45. The fraction of sp³-hybridized carbons (Fsp3) is 0.250. The van der Waals surface area contributed by atoms with Gasteiger partial charge in [-0.15, -0.1) is 0 Å². The van der Waals surface area contributed by atoms with Crippen LogP contribution in [0.4, 0.5) is 0 Å². The third-order valence-corrected chi connectivity index (χ3v) is 5.48. The van der Waals surface area contributed by atoms with Crippen molar-refractivity contribution in [3.8, 4) is 17.6 Å². The average molecular weight is 406 g/mol. The zero-order valence-electron chi connectivity index (χ0n) is 15.1. The Morgan fingerprint density at radius 1 is 1.11 bits per heavy atom. The molecule has 0 heterocycles. The Morgan fingerprint density at radius 3 is 2.41 bits per heavy atom. The summed E-state index contributed by atoms with van der Waals surface area (Å²) in [6.07, 6.45) is 2.17. The molecule has 0 spiro atoms. The van der Waals surface area contributed by atoms with Crippen molar-refractivity contribution in [2.24, 2.45) is 0 Å². The topological polar surface area (TPSA) is 76.4 Å². The molecule has 0 fully saturated rings.